The first-order valence-corrected chi connectivity index (χ1v) is 1.96. The van der Waals surface area contributed by atoms with E-state index in [0.29, 0.717) is 6.42 Å². The maximum atomic E-state index is 9.81. The van der Waals surface area contributed by atoms with E-state index < -0.39 is 0 Å². The molecule has 3 heteroatoms. The SMILES string of the molecule is CCC(C)=O.OO. The zero-order valence-electron chi connectivity index (χ0n) is 4.51. The summed E-state index contributed by atoms with van der Waals surface area (Å²) in [4.78, 5) is 9.81. The minimum absolute atomic E-state index is 0.255. The lowest BCUT2D eigenvalue weighted by Crippen LogP contribution is -1.80. The number of rotatable bonds is 1. The van der Waals surface area contributed by atoms with E-state index in [9.17, 15) is 4.79 Å². The van der Waals surface area contributed by atoms with Crippen molar-refractivity contribution >= 4 is 5.78 Å². The molecule has 0 aromatic rings. The highest BCUT2D eigenvalue weighted by molar-refractivity contribution is 5.74. The molecule has 7 heavy (non-hydrogen) atoms. The molecule has 0 aliphatic carbocycles. The van der Waals surface area contributed by atoms with Crippen molar-refractivity contribution in [3.8, 4) is 0 Å². The van der Waals surface area contributed by atoms with Gasteiger partial charge in [-0.15, -0.1) is 0 Å². The van der Waals surface area contributed by atoms with Crippen LogP contribution >= 0.6 is 0 Å². The number of Topliss-reactive ketones (excluding diaryl/α,β-unsaturated/α-hetero) is 1. The fourth-order valence-corrected chi connectivity index (χ4v) is 0. The fourth-order valence-electron chi connectivity index (χ4n) is 0. The van der Waals surface area contributed by atoms with E-state index >= 15 is 0 Å². The Hall–Kier alpha value is -0.410. The number of hydrogen-bond donors (Lipinski definition) is 2. The van der Waals surface area contributed by atoms with Gasteiger partial charge >= 0.3 is 0 Å². The second kappa shape index (κ2) is 9.14. The van der Waals surface area contributed by atoms with E-state index in [-0.39, 0.29) is 5.78 Å². The van der Waals surface area contributed by atoms with Crippen LogP contribution < -0.4 is 0 Å². The van der Waals surface area contributed by atoms with Gasteiger partial charge in [-0.05, 0) is 6.92 Å². The molecule has 0 aromatic carbocycles. The first-order chi connectivity index (χ1) is 3.27. The Balaban J connectivity index is 0. The standard InChI is InChI=1S/C4H8O.H2O2/c1-3-4(2)5;1-2/h3H2,1-2H3;1-2H. The molecule has 0 rings (SSSR count). The van der Waals surface area contributed by atoms with Crippen LogP contribution in [0.25, 0.3) is 0 Å². The maximum Gasteiger partial charge on any atom is 0.129 e. The summed E-state index contributed by atoms with van der Waals surface area (Å²) in [5, 5.41) is 12.0. The van der Waals surface area contributed by atoms with Gasteiger partial charge in [0.2, 0.25) is 0 Å². The molecule has 2 N–H and O–H groups in total. The zero-order chi connectivity index (χ0) is 6.28. The molecular formula is C4H10O3. The molecule has 0 aliphatic heterocycles. The fraction of sp³-hybridized carbons (Fsp3) is 0.750. The molecule has 0 saturated heterocycles. The van der Waals surface area contributed by atoms with Gasteiger partial charge in [-0.3, -0.25) is 10.5 Å². The van der Waals surface area contributed by atoms with Gasteiger partial charge in [0.1, 0.15) is 5.78 Å². The van der Waals surface area contributed by atoms with E-state index in [1.807, 2.05) is 6.92 Å². The Bertz CT molecular complexity index is 42.2. The highest BCUT2D eigenvalue weighted by atomic mass is 17.0. The van der Waals surface area contributed by atoms with Crippen LogP contribution in [-0.2, 0) is 4.79 Å². The molecular weight excluding hydrogens is 96.0 g/mol. The van der Waals surface area contributed by atoms with Gasteiger partial charge in [-0.1, -0.05) is 6.92 Å². The molecule has 0 aliphatic rings. The summed E-state index contributed by atoms with van der Waals surface area (Å²) >= 11 is 0. The summed E-state index contributed by atoms with van der Waals surface area (Å²) in [6.07, 6.45) is 0.667. The monoisotopic (exact) mass is 106 g/mol. The van der Waals surface area contributed by atoms with Crippen molar-refractivity contribution in [2.75, 3.05) is 0 Å². The minimum atomic E-state index is 0.255. The second-order valence-corrected chi connectivity index (χ2v) is 1.06. The Morgan fingerprint density at radius 2 is 1.71 bits per heavy atom. The van der Waals surface area contributed by atoms with Gasteiger partial charge in [0.25, 0.3) is 0 Å². The average molecular weight is 106 g/mol. The van der Waals surface area contributed by atoms with Crippen molar-refractivity contribution < 1.29 is 15.3 Å². The molecule has 0 aromatic heterocycles. The topological polar surface area (TPSA) is 57.5 Å². The summed E-state index contributed by atoms with van der Waals surface area (Å²) in [5.41, 5.74) is 0. The van der Waals surface area contributed by atoms with Crippen LogP contribution in [0.5, 0.6) is 0 Å². The molecule has 0 spiro atoms. The number of hydrogen-bond acceptors (Lipinski definition) is 3. The molecule has 0 radical (unpaired) electrons. The molecule has 0 atom stereocenters. The van der Waals surface area contributed by atoms with Crippen LogP contribution in [0.4, 0.5) is 0 Å². The highest BCUT2D eigenvalue weighted by Gasteiger charge is 1.76. The van der Waals surface area contributed by atoms with Crippen LogP contribution in [0.15, 0.2) is 0 Å². The van der Waals surface area contributed by atoms with Gasteiger partial charge in [0.05, 0.1) is 0 Å². The van der Waals surface area contributed by atoms with E-state index in [0.717, 1.165) is 0 Å². The summed E-state index contributed by atoms with van der Waals surface area (Å²) in [7, 11) is 0. The molecule has 0 amide bonds. The van der Waals surface area contributed by atoms with Crippen molar-refractivity contribution in [3.05, 3.63) is 0 Å². The summed E-state index contributed by atoms with van der Waals surface area (Å²) < 4.78 is 0. The van der Waals surface area contributed by atoms with Gasteiger partial charge in [-0.25, -0.2) is 0 Å². The third-order valence-corrected chi connectivity index (χ3v) is 0.498. The average Bonchev–Trinajstić information content (AvgIpc) is 1.73. The Morgan fingerprint density at radius 3 is 1.71 bits per heavy atom. The third-order valence-electron chi connectivity index (χ3n) is 0.498. The lowest BCUT2D eigenvalue weighted by Gasteiger charge is -1.71. The molecule has 0 saturated carbocycles. The summed E-state index contributed by atoms with van der Waals surface area (Å²) in [5.74, 6) is 0.255. The normalized spacial score (nSPS) is 6.29. The number of carbonyl (C=O) groups is 1. The lowest BCUT2D eigenvalue weighted by molar-refractivity contribution is -0.176. The first-order valence-electron chi connectivity index (χ1n) is 1.96. The van der Waals surface area contributed by atoms with Crippen molar-refractivity contribution in [1.82, 2.24) is 0 Å². The van der Waals surface area contributed by atoms with Crippen LogP contribution in [-0.4, -0.2) is 16.3 Å². The lowest BCUT2D eigenvalue weighted by atomic mass is 10.4. The number of carbonyl (C=O) groups excluding carboxylic acids is 1. The van der Waals surface area contributed by atoms with E-state index in [4.69, 9.17) is 10.5 Å². The van der Waals surface area contributed by atoms with Gasteiger partial charge in [0, 0.05) is 6.42 Å². The largest absolute Gasteiger partial charge is 0.300 e. The number of ketones is 1. The maximum absolute atomic E-state index is 9.81. The predicted octanol–water partition coefficient (Wildman–Crippen LogP) is 1.00. The van der Waals surface area contributed by atoms with Crippen LogP contribution in [0.1, 0.15) is 20.3 Å². The van der Waals surface area contributed by atoms with Crippen LogP contribution in [0.3, 0.4) is 0 Å². The van der Waals surface area contributed by atoms with Gasteiger partial charge in [-0.2, -0.15) is 0 Å². The first kappa shape index (κ1) is 9.77. The Morgan fingerprint density at radius 1 is 1.57 bits per heavy atom. The zero-order valence-corrected chi connectivity index (χ0v) is 4.51. The molecule has 0 heterocycles. The summed E-state index contributed by atoms with van der Waals surface area (Å²) in [6, 6.07) is 0. The Kier molecular flexibility index (Phi) is 12.8. The van der Waals surface area contributed by atoms with E-state index in [2.05, 4.69) is 0 Å². The van der Waals surface area contributed by atoms with Crippen LogP contribution in [0, 0.1) is 0 Å². The van der Waals surface area contributed by atoms with Crippen LogP contribution in [0.2, 0.25) is 0 Å². The quantitative estimate of drug-likeness (QED) is 0.387. The van der Waals surface area contributed by atoms with Crippen molar-refractivity contribution in [3.63, 3.8) is 0 Å². The molecule has 0 fully saturated rings. The minimum Gasteiger partial charge on any atom is -0.300 e. The van der Waals surface area contributed by atoms with Gasteiger partial charge in [0.15, 0.2) is 0 Å². The Labute approximate surface area is 42.5 Å². The molecule has 0 unspecified atom stereocenters. The summed E-state index contributed by atoms with van der Waals surface area (Å²) in [6.45, 7) is 3.43. The van der Waals surface area contributed by atoms with E-state index in [1.54, 1.807) is 6.92 Å². The predicted molar refractivity (Wildman–Crippen MR) is 26.2 cm³/mol. The van der Waals surface area contributed by atoms with Crippen molar-refractivity contribution in [1.29, 1.82) is 0 Å². The molecule has 0 bridgehead atoms. The van der Waals surface area contributed by atoms with E-state index in [1.165, 1.54) is 0 Å². The third kappa shape index (κ3) is 28.5. The highest BCUT2D eigenvalue weighted by Crippen LogP contribution is 1.71. The molecule has 44 valence electrons. The molecule has 3 nitrogen and oxygen atoms in total. The van der Waals surface area contributed by atoms with Gasteiger partial charge < -0.3 is 4.79 Å². The van der Waals surface area contributed by atoms with Crippen molar-refractivity contribution in [2.24, 2.45) is 0 Å². The smallest absolute Gasteiger partial charge is 0.129 e. The van der Waals surface area contributed by atoms with Crippen molar-refractivity contribution in [2.45, 2.75) is 20.3 Å². The second-order valence-electron chi connectivity index (χ2n) is 1.06.